The molecule has 1 fully saturated rings. The molecule has 0 bridgehead atoms. The maximum absolute atomic E-state index is 13.0. The van der Waals surface area contributed by atoms with Crippen molar-refractivity contribution in [1.82, 2.24) is 5.32 Å². The lowest BCUT2D eigenvalue weighted by Crippen LogP contribution is -2.42. The molecule has 0 aromatic heterocycles. The van der Waals surface area contributed by atoms with E-state index in [4.69, 9.17) is 4.74 Å². The number of benzene rings is 2. The molecule has 2 aromatic rings. The standard InChI is InChI=1S/C26H31NO4/c1-4-24(29)27-22-11-13-23(14-12-22)31-25(30)26(3,18(2)28)16-15-19-9-10-20-7-5-6-8-21(20)17-19/h4-10,17,22-23H,1,11-16H2,2-3H3,(H,27,29). The quantitative estimate of drug-likeness (QED) is 0.386. The fourth-order valence-electron chi connectivity index (χ4n) is 4.08. The molecule has 0 radical (unpaired) electrons. The first-order valence-electron chi connectivity index (χ1n) is 10.9. The number of Topliss-reactive ketones (excluding diaryl/α,β-unsaturated/α-hetero) is 1. The maximum Gasteiger partial charge on any atom is 0.319 e. The van der Waals surface area contributed by atoms with Gasteiger partial charge in [0.05, 0.1) is 0 Å². The lowest BCUT2D eigenvalue weighted by Gasteiger charge is -2.32. The van der Waals surface area contributed by atoms with Gasteiger partial charge in [-0.2, -0.15) is 0 Å². The topological polar surface area (TPSA) is 72.5 Å². The number of amides is 1. The summed E-state index contributed by atoms with van der Waals surface area (Å²) in [5.41, 5.74) is -0.0723. The van der Waals surface area contributed by atoms with Gasteiger partial charge in [-0.25, -0.2) is 0 Å². The number of ketones is 1. The molecular formula is C26H31NO4. The van der Waals surface area contributed by atoms with E-state index in [-0.39, 0.29) is 23.8 Å². The molecule has 5 nitrogen and oxygen atoms in total. The normalized spacial score (nSPS) is 20.5. The number of ether oxygens (including phenoxy) is 1. The van der Waals surface area contributed by atoms with Crippen molar-refractivity contribution in [2.24, 2.45) is 5.41 Å². The molecule has 0 aliphatic heterocycles. The zero-order valence-electron chi connectivity index (χ0n) is 18.4. The van der Waals surface area contributed by atoms with Gasteiger partial charge < -0.3 is 10.1 Å². The zero-order valence-corrected chi connectivity index (χ0v) is 18.4. The molecule has 1 saturated carbocycles. The highest BCUT2D eigenvalue weighted by atomic mass is 16.5. The Kier molecular flexibility index (Phi) is 7.26. The number of hydrogen-bond acceptors (Lipinski definition) is 4. The predicted molar refractivity (Wildman–Crippen MR) is 122 cm³/mol. The van der Waals surface area contributed by atoms with E-state index in [0.717, 1.165) is 23.8 Å². The Hall–Kier alpha value is -2.95. The van der Waals surface area contributed by atoms with Crippen molar-refractivity contribution < 1.29 is 19.1 Å². The molecule has 0 saturated heterocycles. The van der Waals surface area contributed by atoms with E-state index in [0.29, 0.717) is 25.7 Å². The van der Waals surface area contributed by atoms with Crippen LogP contribution >= 0.6 is 0 Å². The number of carbonyl (C=O) groups excluding carboxylic acids is 3. The molecule has 3 rings (SSSR count). The summed E-state index contributed by atoms with van der Waals surface area (Å²) in [4.78, 5) is 36.9. The number of aryl methyl sites for hydroxylation is 1. The largest absolute Gasteiger partial charge is 0.462 e. The second-order valence-corrected chi connectivity index (χ2v) is 8.66. The van der Waals surface area contributed by atoms with Gasteiger partial charge in [-0.3, -0.25) is 14.4 Å². The Bertz CT molecular complexity index is 974. The molecular weight excluding hydrogens is 390 g/mol. The third-order valence-electron chi connectivity index (χ3n) is 6.43. The summed E-state index contributed by atoms with van der Waals surface area (Å²) in [6.45, 7) is 6.62. The first-order valence-corrected chi connectivity index (χ1v) is 10.9. The molecule has 1 aliphatic carbocycles. The van der Waals surface area contributed by atoms with Crippen LogP contribution in [0.5, 0.6) is 0 Å². The zero-order chi connectivity index (χ0) is 22.4. The van der Waals surface area contributed by atoms with Crippen LogP contribution in [0.4, 0.5) is 0 Å². The summed E-state index contributed by atoms with van der Waals surface area (Å²) in [6.07, 6.45) is 4.90. The predicted octanol–water partition coefficient (Wildman–Crippen LogP) is 4.52. The van der Waals surface area contributed by atoms with Crippen LogP contribution in [-0.4, -0.2) is 29.8 Å². The first kappa shape index (κ1) is 22.7. The van der Waals surface area contributed by atoms with Crippen molar-refractivity contribution in [3.63, 3.8) is 0 Å². The summed E-state index contributed by atoms with van der Waals surface area (Å²) in [7, 11) is 0. The van der Waals surface area contributed by atoms with E-state index in [1.807, 2.05) is 18.2 Å². The van der Waals surface area contributed by atoms with Crippen LogP contribution in [0.15, 0.2) is 55.1 Å². The van der Waals surface area contributed by atoms with E-state index >= 15 is 0 Å². The summed E-state index contributed by atoms with van der Waals surface area (Å²) in [5, 5.41) is 5.20. The van der Waals surface area contributed by atoms with Gasteiger partial charge >= 0.3 is 5.97 Å². The van der Waals surface area contributed by atoms with Crippen molar-refractivity contribution >= 4 is 28.4 Å². The Morgan fingerprint density at radius 1 is 1.10 bits per heavy atom. The lowest BCUT2D eigenvalue weighted by molar-refractivity contribution is -0.165. The van der Waals surface area contributed by atoms with Gasteiger partial charge in [0.2, 0.25) is 5.91 Å². The molecule has 1 amide bonds. The highest BCUT2D eigenvalue weighted by molar-refractivity contribution is 6.02. The van der Waals surface area contributed by atoms with E-state index in [9.17, 15) is 14.4 Å². The highest BCUT2D eigenvalue weighted by Gasteiger charge is 2.41. The van der Waals surface area contributed by atoms with Gasteiger partial charge in [0.1, 0.15) is 17.3 Å². The van der Waals surface area contributed by atoms with Crippen molar-refractivity contribution in [2.45, 2.75) is 64.5 Å². The Morgan fingerprint density at radius 3 is 2.42 bits per heavy atom. The van der Waals surface area contributed by atoms with Gasteiger partial charge in [-0.15, -0.1) is 0 Å². The minimum Gasteiger partial charge on any atom is -0.462 e. The fraction of sp³-hybridized carbons (Fsp3) is 0.423. The maximum atomic E-state index is 13.0. The first-order chi connectivity index (χ1) is 14.8. The van der Waals surface area contributed by atoms with Crippen LogP contribution in [0.25, 0.3) is 10.8 Å². The second kappa shape index (κ2) is 9.90. The van der Waals surface area contributed by atoms with Crippen LogP contribution in [-0.2, 0) is 25.5 Å². The van der Waals surface area contributed by atoms with Gasteiger partial charge in [-0.1, -0.05) is 49.0 Å². The summed E-state index contributed by atoms with van der Waals surface area (Å²) >= 11 is 0. The number of fused-ring (bicyclic) bond motifs is 1. The highest BCUT2D eigenvalue weighted by Crippen LogP contribution is 2.31. The van der Waals surface area contributed by atoms with Crippen molar-refractivity contribution in [3.8, 4) is 0 Å². The minimum atomic E-state index is -1.17. The van der Waals surface area contributed by atoms with Gasteiger partial charge in [0.15, 0.2) is 0 Å². The summed E-state index contributed by atoms with van der Waals surface area (Å²) < 4.78 is 5.76. The molecule has 1 unspecified atom stereocenters. The second-order valence-electron chi connectivity index (χ2n) is 8.66. The van der Waals surface area contributed by atoms with Crippen molar-refractivity contribution in [2.75, 3.05) is 0 Å². The molecule has 31 heavy (non-hydrogen) atoms. The van der Waals surface area contributed by atoms with Crippen molar-refractivity contribution in [3.05, 3.63) is 60.7 Å². The number of carbonyl (C=O) groups is 3. The van der Waals surface area contributed by atoms with Crippen LogP contribution in [0.1, 0.15) is 51.5 Å². The molecule has 164 valence electrons. The minimum absolute atomic E-state index is 0.0764. The number of nitrogens with one attached hydrogen (secondary N) is 1. The third-order valence-corrected chi connectivity index (χ3v) is 6.43. The van der Waals surface area contributed by atoms with E-state index < -0.39 is 11.4 Å². The van der Waals surface area contributed by atoms with Crippen LogP contribution in [0.2, 0.25) is 0 Å². The Labute approximate surface area is 183 Å². The molecule has 5 heteroatoms. The van der Waals surface area contributed by atoms with Gasteiger partial charge in [0.25, 0.3) is 0 Å². The average Bonchev–Trinajstić information content (AvgIpc) is 2.78. The van der Waals surface area contributed by atoms with E-state index in [1.165, 1.54) is 18.4 Å². The Morgan fingerprint density at radius 2 is 1.77 bits per heavy atom. The van der Waals surface area contributed by atoms with E-state index in [1.54, 1.807) is 6.92 Å². The summed E-state index contributed by atoms with van der Waals surface area (Å²) in [6, 6.07) is 14.4. The van der Waals surface area contributed by atoms with Gasteiger partial charge in [-0.05, 0) is 74.8 Å². The molecule has 2 aromatic carbocycles. The average molecular weight is 422 g/mol. The molecule has 1 aliphatic rings. The fourth-order valence-corrected chi connectivity index (χ4v) is 4.08. The van der Waals surface area contributed by atoms with Crippen molar-refractivity contribution in [1.29, 1.82) is 0 Å². The van der Waals surface area contributed by atoms with E-state index in [2.05, 4.69) is 36.2 Å². The van der Waals surface area contributed by atoms with Crippen LogP contribution in [0.3, 0.4) is 0 Å². The molecule has 0 heterocycles. The number of rotatable bonds is 8. The monoisotopic (exact) mass is 421 g/mol. The Balaban J connectivity index is 1.59. The van der Waals surface area contributed by atoms with Crippen LogP contribution in [0, 0.1) is 5.41 Å². The molecule has 1 atom stereocenters. The number of esters is 1. The number of hydrogen-bond donors (Lipinski definition) is 1. The lowest BCUT2D eigenvalue weighted by atomic mass is 9.80. The SMILES string of the molecule is C=CC(=O)NC1CCC(OC(=O)C(C)(CCc2ccc3ccccc3c2)C(C)=O)CC1. The summed E-state index contributed by atoms with van der Waals surface area (Å²) in [5.74, 6) is -0.803. The molecule has 1 N–H and O–H groups in total. The third kappa shape index (κ3) is 5.60. The molecule has 0 spiro atoms. The van der Waals surface area contributed by atoms with Gasteiger partial charge in [0, 0.05) is 6.04 Å². The smallest absolute Gasteiger partial charge is 0.319 e. The van der Waals surface area contributed by atoms with Crippen LogP contribution < -0.4 is 5.32 Å².